The van der Waals surface area contributed by atoms with Gasteiger partial charge >= 0.3 is 0 Å². The van der Waals surface area contributed by atoms with Crippen LogP contribution in [-0.4, -0.2) is 12.5 Å². The van der Waals surface area contributed by atoms with Gasteiger partial charge in [-0.25, -0.2) is 0 Å². The monoisotopic (exact) mass is 303 g/mol. The lowest BCUT2D eigenvalue weighted by Crippen LogP contribution is -2.11. The molecule has 2 aromatic carbocycles. The van der Waals surface area contributed by atoms with Crippen LogP contribution in [0.3, 0.4) is 0 Å². The van der Waals surface area contributed by atoms with Crippen molar-refractivity contribution in [3.05, 3.63) is 59.1 Å². The minimum absolute atomic E-state index is 0.169. The molecule has 0 fully saturated rings. The van der Waals surface area contributed by atoms with Gasteiger partial charge in [0.2, 0.25) is 0 Å². The summed E-state index contributed by atoms with van der Waals surface area (Å²) in [6.45, 7) is 2.82. The van der Waals surface area contributed by atoms with Crippen molar-refractivity contribution in [2.24, 2.45) is 0 Å². The largest absolute Gasteiger partial charge is 0.494 e. The minimum Gasteiger partial charge on any atom is -0.494 e. The fourth-order valence-electron chi connectivity index (χ4n) is 1.81. The number of unbranched alkanes of at least 4 members (excludes halogenated alkanes) is 1. The molecular formula is C17H18ClNO2. The molecule has 0 unspecified atom stereocenters. The highest BCUT2D eigenvalue weighted by molar-refractivity contribution is 6.30. The molecule has 0 bridgehead atoms. The normalized spacial score (nSPS) is 10.2. The quantitative estimate of drug-likeness (QED) is 0.781. The van der Waals surface area contributed by atoms with E-state index in [2.05, 4.69) is 12.2 Å². The Labute approximate surface area is 129 Å². The summed E-state index contributed by atoms with van der Waals surface area (Å²) in [6.07, 6.45) is 2.12. The lowest BCUT2D eigenvalue weighted by molar-refractivity contribution is 0.102. The van der Waals surface area contributed by atoms with Crippen molar-refractivity contribution < 1.29 is 9.53 Å². The molecule has 0 aromatic heterocycles. The van der Waals surface area contributed by atoms with Gasteiger partial charge in [0, 0.05) is 16.3 Å². The van der Waals surface area contributed by atoms with Crippen molar-refractivity contribution in [2.45, 2.75) is 19.8 Å². The van der Waals surface area contributed by atoms with E-state index in [4.69, 9.17) is 16.3 Å². The molecule has 0 aliphatic heterocycles. The molecule has 0 aliphatic rings. The number of carbonyl (C=O) groups is 1. The van der Waals surface area contributed by atoms with Crippen LogP contribution >= 0.6 is 11.6 Å². The number of nitrogens with one attached hydrogen (secondary N) is 1. The standard InChI is InChI=1S/C17H18ClNO2/c1-2-3-11-21-16-9-7-13(8-10-16)17(20)19-15-6-4-5-14(18)12-15/h4-10,12H,2-3,11H2,1H3,(H,19,20). The predicted octanol–water partition coefficient (Wildman–Crippen LogP) is 4.77. The van der Waals surface area contributed by atoms with Gasteiger partial charge in [0.25, 0.3) is 5.91 Å². The molecule has 2 aromatic rings. The molecule has 4 heteroatoms. The Bertz CT molecular complexity index is 596. The van der Waals surface area contributed by atoms with Crippen LogP contribution in [0.2, 0.25) is 5.02 Å². The first-order valence-corrected chi connectivity index (χ1v) is 7.36. The molecule has 2 rings (SSSR count). The van der Waals surface area contributed by atoms with Gasteiger partial charge < -0.3 is 10.1 Å². The zero-order valence-electron chi connectivity index (χ0n) is 11.9. The number of anilines is 1. The Morgan fingerprint density at radius 2 is 1.95 bits per heavy atom. The van der Waals surface area contributed by atoms with E-state index >= 15 is 0 Å². The summed E-state index contributed by atoms with van der Waals surface area (Å²) in [6, 6.07) is 14.2. The minimum atomic E-state index is -0.169. The molecule has 0 heterocycles. The summed E-state index contributed by atoms with van der Waals surface area (Å²) >= 11 is 5.89. The Balaban J connectivity index is 1.96. The number of hydrogen-bond acceptors (Lipinski definition) is 2. The number of benzene rings is 2. The Kier molecular flexibility index (Phi) is 5.64. The van der Waals surface area contributed by atoms with Gasteiger partial charge in [-0.1, -0.05) is 31.0 Å². The smallest absolute Gasteiger partial charge is 0.255 e. The fourth-order valence-corrected chi connectivity index (χ4v) is 2.00. The molecule has 1 amide bonds. The lowest BCUT2D eigenvalue weighted by atomic mass is 10.2. The van der Waals surface area contributed by atoms with Gasteiger partial charge in [-0.2, -0.15) is 0 Å². The Hall–Kier alpha value is -2.00. The average molecular weight is 304 g/mol. The van der Waals surface area contributed by atoms with Gasteiger partial charge in [0.05, 0.1) is 6.61 Å². The topological polar surface area (TPSA) is 38.3 Å². The third-order valence-electron chi connectivity index (χ3n) is 2.97. The van der Waals surface area contributed by atoms with Gasteiger partial charge in [-0.05, 0) is 48.9 Å². The van der Waals surface area contributed by atoms with Crippen molar-refractivity contribution >= 4 is 23.2 Å². The van der Waals surface area contributed by atoms with E-state index < -0.39 is 0 Å². The van der Waals surface area contributed by atoms with Crippen LogP contribution in [0.15, 0.2) is 48.5 Å². The summed E-state index contributed by atoms with van der Waals surface area (Å²) in [5.74, 6) is 0.611. The molecule has 110 valence electrons. The Morgan fingerprint density at radius 3 is 2.62 bits per heavy atom. The number of ether oxygens (including phenoxy) is 1. The highest BCUT2D eigenvalue weighted by Gasteiger charge is 2.06. The summed E-state index contributed by atoms with van der Waals surface area (Å²) in [7, 11) is 0. The Morgan fingerprint density at radius 1 is 1.19 bits per heavy atom. The SMILES string of the molecule is CCCCOc1ccc(C(=O)Nc2cccc(Cl)c2)cc1. The molecule has 0 saturated carbocycles. The van der Waals surface area contributed by atoms with Crippen LogP contribution in [-0.2, 0) is 0 Å². The van der Waals surface area contributed by atoms with E-state index in [1.807, 2.05) is 12.1 Å². The second kappa shape index (κ2) is 7.70. The fraction of sp³-hybridized carbons (Fsp3) is 0.235. The van der Waals surface area contributed by atoms with Gasteiger partial charge in [-0.3, -0.25) is 4.79 Å². The van der Waals surface area contributed by atoms with E-state index in [9.17, 15) is 4.79 Å². The summed E-state index contributed by atoms with van der Waals surface area (Å²) < 4.78 is 5.57. The van der Waals surface area contributed by atoms with E-state index in [0.29, 0.717) is 22.9 Å². The van der Waals surface area contributed by atoms with Gasteiger partial charge in [0.1, 0.15) is 5.75 Å². The molecular weight excluding hydrogens is 286 g/mol. The number of hydrogen-bond donors (Lipinski definition) is 1. The number of rotatable bonds is 6. The summed E-state index contributed by atoms with van der Waals surface area (Å²) in [4.78, 5) is 12.1. The van der Waals surface area contributed by atoms with Crippen LogP contribution in [0.25, 0.3) is 0 Å². The molecule has 21 heavy (non-hydrogen) atoms. The lowest BCUT2D eigenvalue weighted by Gasteiger charge is -2.08. The molecule has 3 nitrogen and oxygen atoms in total. The first kappa shape index (κ1) is 15.4. The number of amides is 1. The molecule has 0 aliphatic carbocycles. The zero-order chi connectivity index (χ0) is 15.1. The predicted molar refractivity (Wildman–Crippen MR) is 86.3 cm³/mol. The van der Waals surface area contributed by atoms with E-state index in [0.717, 1.165) is 18.6 Å². The number of carbonyl (C=O) groups excluding carboxylic acids is 1. The van der Waals surface area contributed by atoms with Crippen molar-refractivity contribution in [1.82, 2.24) is 0 Å². The third-order valence-corrected chi connectivity index (χ3v) is 3.20. The number of halogens is 1. The van der Waals surface area contributed by atoms with Gasteiger partial charge in [0.15, 0.2) is 0 Å². The highest BCUT2D eigenvalue weighted by Crippen LogP contribution is 2.17. The van der Waals surface area contributed by atoms with Crippen molar-refractivity contribution in [3.8, 4) is 5.75 Å². The molecule has 0 radical (unpaired) electrons. The van der Waals surface area contributed by atoms with Crippen LogP contribution < -0.4 is 10.1 Å². The molecule has 1 N–H and O–H groups in total. The average Bonchev–Trinajstić information content (AvgIpc) is 2.48. The maximum Gasteiger partial charge on any atom is 0.255 e. The second-order valence-corrected chi connectivity index (χ2v) is 5.13. The van der Waals surface area contributed by atoms with E-state index in [-0.39, 0.29) is 5.91 Å². The zero-order valence-corrected chi connectivity index (χ0v) is 12.7. The van der Waals surface area contributed by atoms with Crippen molar-refractivity contribution in [2.75, 3.05) is 11.9 Å². The summed E-state index contributed by atoms with van der Waals surface area (Å²) in [5.41, 5.74) is 1.26. The van der Waals surface area contributed by atoms with Crippen molar-refractivity contribution in [1.29, 1.82) is 0 Å². The highest BCUT2D eigenvalue weighted by atomic mass is 35.5. The van der Waals surface area contributed by atoms with Crippen LogP contribution in [0, 0.1) is 0 Å². The molecule has 0 atom stereocenters. The summed E-state index contributed by atoms with van der Waals surface area (Å²) in [5, 5.41) is 3.40. The van der Waals surface area contributed by atoms with Crippen LogP contribution in [0.1, 0.15) is 30.1 Å². The van der Waals surface area contributed by atoms with Gasteiger partial charge in [-0.15, -0.1) is 0 Å². The first-order valence-electron chi connectivity index (χ1n) is 6.99. The third kappa shape index (κ3) is 4.80. The maximum atomic E-state index is 12.1. The van der Waals surface area contributed by atoms with E-state index in [1.165, 1.54) is 0 Å². The van der Waals surface area contributed by atoms with Crippen LogP contribution in [0.4, 0.5) is 5.69 Å². The van der Waals surface area contributed by atoms with Crippen LogP contribution in [0.5, 0.6) is 5.75 Å². The second-order valence-electron chi connectivity index (χ2n) is 4.69. The molecule has 0 saturated heterocycles. The maximum absolute atomic E-state index is 12.1. The van der Waals surface area contributed by atoms with E-state index in [1.54, 1.807) is 36.4 Å². The first-order chi connectivity index (χ1) is 10.2. The molecule has 0 spiro atoms. The van der Waals surface area contributed by atoms with Crippen molar-refractivity contribution in [3.63, 3.8) is 0 Å².